The molecule has 0 saturated carbocycles. The zero-order valence-corrected chi connectivity index (χ0v) is 46.2. The molecule has 6 heteroatoms. The quantitative estimate of drug-likeness (QED) is 0.0262. The topological polar surface area (TPSA) is 78.9 Å². The fourth-order valence-electron chi connectivity index (χ4n) is 9.38. The Morgan fingerprint density at radius 3 is 0.735 bits per heavy atom. The lowest BCUT2D eigenvalue weighted by Gasteiger charge is -2.18. The van der Waals surface area contributed by atoms with Crippen LogP contribution >= 0.6 is 0 Å². The third-order valence-corrected chi connectivity index (χ3v) is 14.0. The number of rotatable bonds is 57. The average molecular weight is 960 g/mol. The van der Waals surface area contributed by atoms with E-state index in [2.05, 4.69) is 32.9 Å². The van der Waals surface area contributed by atoms with Crippen LogP contribution in [0.1, 0.15) is 348 Å². The largest absolute Gasteiger partial charge is 0.462 e. The Hall–Kier alpha value is -1.85. The predicted molar refractivity (Wildman–Crippen MR) is 293 cm³/mol. The van der Waals surface area contributed by atoms with Crippen LogP contribution in [0.2, 0.25) is 0 Å². The molecule has 0 saturated heterocycles. The van der Waals surface area contributed by atoms with Crippen molar-refractivity contribution in [2.45, 2.75) is 354 Å². The van der Waals surface area contributed by atoms with Gasteiger partial charge in [-0.05, 0) is 44.9 Å². The molecule has 0 aliphatic carbocycles. The molecular weight excluding hydrogens is 841 g/mol. The molecule has 0 amide bonds. The van der Waals surface area contributed by atoms with Crippen LogP contribution in [0.25, 0.3) is 0 Å². The van der Waals surface area contributed by atoms with Gasteiger partial charge in [-0.3, -0.25) is 14.4 Å². The zero-order chi connectivity index (χ0) is 49.3. The standard InChI is InChI=1S/C62H118O6/c1-4-7-10-13-16-19-22-25-28-30-31-33-34-37-40-43-46-49-52-55-61(64)67-58-59(57-66-60(63)54-51-48-45-42-39-36-27-24-21-18-15-12-9-6-3)68-62(65)56-53-50-47-44-41-38-35-32-29-26-23-20-17-14-11-8-5-2/h24,27,59H,4-23,25-26,28-58H2,1-3H3/b27-24-/t59-/m1/s1. The fraction of sp³-hybridized carbons (Fsp3) is 0.919. The summed E-state index contributed by atoms with van der Waals surface area (Å²) in [5.41, 5.74) is 0. The molecule has 6 nitrogen and oxygen atoms in total. The molecule has 0 aliphatic rings. The van der Waals surface area contributed by atoms with Gasteiger partial charge >= 0.3 is 17.9 Å². The van der Waals surface area contributed by atoms with E-state index < -0.39 is 6.10 Å². The van der Waals surface area contributed by atoms with Gasteiger partial charge in [-0.15, -0.1) is 0 Å². The Morgan fingerprint density at radius 2 is 0.485 bits per heavy atom. The molecule has 0 unspecified atom stereocenters. The fourth-order valence-corrected chi connectivity index (χ4v) is 9.38. The Kier molecular flexibility index (Phi) is 56.2. The summed E-state index contributed by atoms with van der Waals surface area (Å²) in [7, 11) is 0. The molecule has 0 aromatic carbocycles. The van der Waals surface area contributed by atoms with E-state index in [0.717, 1.165) is 64.2 Å². The van der Waals surface area contributed by atoms with E-state index in [1.807, 2.05) is 0 Å². The first-order chi connectivity index (χ1) is 33.5. The van der Waals surface area contributed by atoms with E-state index in [0.29, 0.717) is 19.3 Å². The molecular formula is C62H118O6. The first-order valence-corrected chi connectivity index (χ1v) is 30.7. The molecule has 1 atom stereocenters. The van der Waals surface area contributed by atoms with E-state index in [1.54, 1.807) is 0 Å². The van der Waals surface area contributed by atoms with Crippen LogP contribution < -0.4 is 0 Å². The highest BCUT2D eigenvalue weighted by atomic mass is 16.6. The smallest absolute Gasteiger partial charge is 0.306 e. The van der Waals surface area contributed by atoms with Gasteiger partial charge in [-0.2, -0.15) is 0 Å². The summed E-state index contributed by atoms with van der Waals surface area (Å²) in [6.07, 6.45) is 66.4. The Labute approximate surface area is 424 Å². The lowest BCUT2D eigenvalue weighted by atomic mass is 10.0. The number of carbonyl (C=O) groups is 3. The van der Waals surface area contributed by atoms with Crippen molar-refractivity contribution in [1.29, 1.82) is 0 Å². The Bertz CT molecular complexity index is 1060. The predicted octanol–water partition coefficient (Wildman–Crippen LogP) is 20.5. The molecule has 0 radical (unpaired) electrons. The van der Waals surface area contributed by atoms with Gasteiger partial charge in [-0.25, -0.2) is 0 Å². The van der Waals surface area contributed by atoms with Crippen LogP contribution in [0.3, 0.4) is 0 Å². The van der Waals surface area contributed by atoms with Crippen LogP contribution in [0, 0.1) is 0 Å². The summed E-state index contributed by atoms with van der Waals surface area (Å²) in [4.78, 5) is 38.2. The lowest BCUT2D eigenvalue weighted by molar-refractivity contribution is -0.167. The van der Waals surface area contributed by atoms with Gasteiger partial charge in [0, 0.05) is 19.3 Å². The molecule has 0 N–H and O–H groups in total. The van der Waals surface area contributed by atoms with Crippen LogP contribution in [0.4, 0.5) is 0 Å². The number of allylic oxidation sites excluding steroid dienone is 2. The minimum absolute atomic E-state index is 0.0661. The summed E-state index contributed by atoms with van der Waals surface area (Å²) < 4.78 is 16.9. The van der Waals surface area contributed by atoms with Gasteiger partial charge in [-0.1, -0.05) is 296 Å². The van der Waals surface area contributed by atoms with E-state index in [-0.39, 0.29) is 31.1 Å². The Balaban J connectivity index is 4.29. The molecule has 0 spiro atoms. The summed E-state index contributed by atoms with van der Waals surface area (Å²) in [5.74, 6) is -0.847. The van der Waals surface area contributed by atoms with Crippen molar-refractivity contribution in [3.8, 4) is 0 Å². The maximum Gasteiger partial charge on any atom is 0.306 e. The molecule has 0 rings (SSSR count). The first kappa shape index (κ1) is 66.2. The molecule has 0 aromatic heterocycles. The van der Waals surface area contributed by atoms with Crippen LogP contribution in [-0.2, 0) is 28.6 Å². The highest BCUT2D eigenvalue weighted by Crippen LogP contribution is 2.18. The SMILES string of the molecule is CCCCCCC/C=C\CCCCCCCC(=O)OC[C@H](COC(=O)CCCCCCCCCCCCCCCCCCCCC)OC(=O)CCCCCCCCCCCCCCCCCCC. The number of carbonyl (C=O) groups excluding carboxylic acids is 3. The summed E-state index contributed by atoms with van der Waals surface area (Å²) in [6, 6.07) is 0. The third-order valence-electron chi connectivity index (χ3n) is 14.0. The summed E-state index contributed by atoms with van der Waals surface area (Å²) in [6.45, 7) is 6.69. The normalized spacial score (nSPS) is 12.0. The van der Waals surface area contributed by atoms with Crippen molar-refractivity contribution in [2.75, 3.05) is 13.2 Å². The van der Waals surface area contributed by atoms with E-state index in [9.17, 15) is 14.4 Å². The van der Waals surface area contributed by atoms with Crippen molar-refractivity contribution in [3.05, 3.63) is 12.2 Å². The van der Waals surface area contributed by atoms with Gasteiger partial charge in [0.1, 0.15) is 13.2 Å². The van der Waals surface area contributed by atoms with Gasteiger partial charge < -0.3 is 14.2 Å². The van der Waals surface area contributed by atoms with Crippen molar-refractivity contribution >= 4 is 17.9 Å². The Morgan fingerprint density at radius 1 is 0.279 bits per heavy atom. The summed E-state index contributed by atoms with van der Waals surface area (Å²) >= 11 is 0. The molecule has 0 aromatic rings. The molecule has 402 valence electrons. The maximum absolute atomic E-state index is 12.9. The van der Waals surface area contributed by atoms with Crippen molar-refractivity contribution in [3.63, 3.8) is 0 Å². The molecule has 68 heavy (non-hydrogen) atoms. The van der Waals surface area contributed by atoms with Crippen molar-refractivity contribution in [2.24, 2.45) is 0 Å². The first-order valence-electron chi connectivity index (χ1n) is 30.7. The molecule has 0 heterocycles. The van der Waals surface area contributed by atoms with Gasteiger partial charge in [0.2, 0.25) is 0 Å². The highest BCUT2D eigenvalue weighted by Gasteiger charge is 2.19. The number of hydrogen-bond donors (Lipinski definition) is 0. The van der Waals surface area contributed by atoms with Crippen molar-refractivity contribution < 1.29 is 28.6 Å². The van der Waals surface area contributed by atoms with Crippen LogP contribution in [0.15, 0.2) is 12.2 Å². The minimum Gasteiger partial charge on any atom is -0.462 e. The van der Waals surface area contributed by atoms with E-state index in [1.165, 1.54) is 244 Å². The minimum atomic E-state index is -0.768. The second-order valence-corrected chi connectivity index (χ2v) is 21.0. The monoisotopic (exact) mass is 959 g/mol. The van der Waals surface area contributed by atoms with Crippen molar-refractivity contribution in [1.82, 2.24) is 0 Å². The second kappa shape index (κ2) is 57.7. The molecule has 0 bridgehead atoms. The summed E-state index contributed by atoms with van der Waals surface area (Å²) in [5, 5.41) is 0. The van der Waals surface area contributed by atoms with Gasteiger partial charge in [0.15, 0.2) is 6.10 Å². The van der Waals surface area contributed by atoms with E-state index >= 15 is 0 Å². The van der Waals surface area contributed by atoms with Gasteiger partial charge in [0.25, 0.3) is 0 Å². The molecule has 0 fully saturated rings. The van der Waals surface area contributed by atoms with E-state index in [4.69, 9.17) is 14.2 Å². The zero-order valence-electron chi connectivity index (χ0n) is 46.2. The third kappa shape index (κ3) is 55.1. The number of hydrogen-bond acceptors (Lipinski definition) is 6. The van der Waals surface area contributed by atoms with Crippen LogP contribution in [-0.4, -0.2) is 37.2 Å². The maximum atomic E-state index is 12.9. The van der Waals surface area contributed by atoms with Crippen LogP contribution in [0.5, 0.6) is 0 Å². The number of ether oxygens (including phenoxy) is 3. The number of esters is 3. The lowest BCUT2D eigenvalue weighted by Crippen LogP contribution is -2.30. The highest BCUT2D eigenvalue weighted by molar-refractivity contribution is 5.71. The number of unbranched alkanes of at least 4 members (excludes halogenated alkanes) is 44. The molecule has 0 aliphatic heterocycles. The second-order valence-electron chi connectivity index (χ2n) is 21.0. The average Bonchev–Trinajstić information content (AvgIpc) is 3.34. The van der Waals surface area contributed by atoms with Gasteiger partial charge in [0.05, 0.1) is 0 Å².